The number of aliphatic hydroxyl groups excluding tert-OH is 1. The number of aliphatic hydroxyl groups is 1. The fourth-order valence-electron chi connectivity index (χ4n) is 5.79. The molecule has 0 spiro atoms. The van der Waals surface area contributed by atoms with E-state index >= 15 is 0 Å². The van der Waals surface area contributed by atoms with Crippen LogP contribution < -0.4 is 19.0 Å². The van der Waals surface area contributed by atoms with Gasteiger partial charge in [0.05, 0.1) is 5.57 Å². The number of carbonyl (C=O) groups is 1. The summed E-state index contributed by atoms with van der Waals surface area (Å²) >= 11 is 3.46. The molecule has 1 heterocycles. The molecule has 0 unspecified atom stereocenters. The highest BCUT2D eigenvalue weighted by Crippen LogP contribution is 2.60. The summed E-state index contributed by atoms with van der Waals surface area (Å²) in [6.07, 6.45) is 1.22. The molecule has 1 aliphatic carbocycles. The van der Waals surface area contributed by atoms with Gasteiger partial charge in [-0.05, 0) is 57.8 Å². The Labute approximate surface area is 246 Å². The maximum Gasteiger partial charge on any atom is 0.409 e. The summed E-state index contributed by atoms with van der Waals surface area (Å²) in [6.45, 7) is 0. The van der Waals surface area contributed by atoms with E-state index in [1.54, 1.807) is 0 Å². The van der Waals surface area contributed by atoms with E-state index in [-0.39, 0.29) is 17.1 Å². The van der Waals surface area contributed by atoms with Crippen molar-refractivity contribution in [3.05, 3.63) is 118 Å². The van der Waals surface area contributed by atoms with Crippen LogP contribution in [0.5, 0.6) is 11.5 Å². The number of nitrogens with one attached hydrogen (secondary N) is 1. The zero-order chi connectivity index (χ0) is 28.1. The monoisotopic (exact) mass is 625 g/mol. The third kappa shape index (κ3) is 4.69. The highest BCUT2D eigenvalue weighted by atomic mass is 79.9. The van der Waals surface area contributed by atoms with Crippen molar-refractivity contribution in [3.8, 4) is 22.6 Å². The number of fused-ring (bicyclic) bond motifs is 7. The fourth-order valence-corrected chi connectivity index (χ4v) is 7.62. The molecular formula is C33H25BrNO5P. The molecule has 2 N–H and O–H groups in total. The van der Waals surface area contributed by atoms with Gasteiger partial charge in [-0.3, -0.25) is 13.8 Å². The Bertz CT molecular complexity index is 1780. The van der Waals surface area contributed by atoms with Gasteiger partial charge in [-0.25, -0.2) is 0 Å². The molecule has 41 heavy (non-hydrogen) atoms. The Morgan fingerprint density at radius 2 is 1.34 bits per heavy atom. The van der Waals surface area contributed by atoms with E-state index in [1.165, 1.54) is 0 Å². The molecule has 0 saturated carbocycles. The van der Waals surface area contributed by atoms with Crippen molar-refractivity contribution in [3.63, 3.8) is 0 Å². The molecule has 0 amide bonds. The second-order valence-corrected chi connectivity index (χ2v) is 12.8. The topological polar surface area (TPSA) is 90.9 Å². The predicted molar refractivity (Wildman–Crippen MR) is 164 cm³/mol. The number of rotatable bonds is 4. The van der Waals surface area contributed by atoms with E-state index < -0.39 is 14.1 Å². The predicted octanol–water partition coefficient (Wildman–Crippen LogP) is 8.13. The van der Waals surface area contributed by atoms with E-state index in [4.69, 9.17) is 9.05 Å². The highest BCUT2D eigenvalue weighted by Gasteiger charge is 2.45. The Morgan fingerprint density at radius 1 is 0.780 bits per heavy atom. The second kappa shape index (κ2) is 10.3. The standard InChI is InChI=1S/C33H25BrNO5P/c34-23-16-12-22(13-17-23)33(32-26(36)10-5-11-27(32)37)35-41(38)39-28-18-14-20-6-1-3-8-24(20)30(28)31-25-9-4-2-7-21(25)15-19-29(31)40-41/h1-4,6-9,12-19,33,36H,5,10-11H2,(H,35,38)/t33-/m0/s1. The van der Waals surface area contributed by atoms with Gasteiger partial charge in [-0.1, -0.05) is 88.7 Å². The first-order valence-electron chi connectivity index (χ1n) is 13.4. The summed E-state index contributed by atoms with van der Waals surface area (Å²) in [7, 11) is -4.19. The number of Topliss-reactive ketones (excluding diaryl/α,β-unsaturated/α-hetero) is 1. The zero-order valence-electron chi connectivity index (χ0n) is 21.8. The molecule has 0 radical (unpaired) electrons. The van der Waals surface area contributed by atoms with Gasteiger partial charge in [0.15, 0.2) is 17.3 Å². The molecule has 0 aromatic heterocycles. The van der Waals surface area contributed by atoms with Gasteiger partial charge in [-0.2, -0.15) is 0 Å². The van der Waals surface area contributed by atoms with Crippen LogP contribution in [0.2, 0.25) is 0 Å². The van der Waals surface area contributed by atoms with Crippen molar-refractivity contribution < 1.29 is 23.8 Å². The lowest BCUT2D eigenvalue weighted by Crippen LogP contribution is -2.38. The lowest BCUT2D eigenvalue weighted by Gasteiger charge is -2.32. The molecule has 0 saturated heterocycles. The smallest absolute Gasteiger partial charge is 0.409 e. The number of halogens is 1. The molecular weight excluding hydrogens is 601 g/mol. The molecule has 6 nitrogen and oxygen atoms in total. The number of ketones is 1. The van der Waals surface area contributed by atoms with E-state index in [1.807, 2.05) is 97.1 Å². The number of allylic oxidation sites excluding steroid dienone is 1. The van der Waals surface area contributed by atoms with Gasteiger partial charge in [0.25, 0.3) is 0 Å². The zero-order valence-corrected chi connectivity index (χ0v) is 24.3. The maximum atomic E-state index is 14.8. The van der Waals surface area contributed by atoms with Crippen LogP contribution in [0.15, 0.2) is 113 Å². The van der Waals surface area contributed by atoms with Crippen LogP contribution in [0.1, 0.15) is 30.9 Å². The van der Waals surface area contributed by atoms with Crippen LogP contribution in [0.3, 0.4) is 0 Å². The molecule has 0 fully saturated rings. The van der Waals surface area contributed by atoms with Crippen molar-refractivity contribution in [2.45, 2.75) is 25.3 Å². The Hall–Kier alpha value is -3.74. The SMILES string of the molecule is O=C1CCCC(O)=C1[C@@H](N[P+]1([O-])Oc2ccc3ccccc3c2-c2c(ccc3ccccc23)O1)c1ccc(Br)cc1. The minimum Gasteiger partial charge on any atom is -0.601 e. The number of benzene rings is 5. The molecule has 2 aliphatic rings. The van der Waals surface area contributed by atoms with E-state index in [0.717, 1.165) is 37.1 Å². The molecule has 204 valence electrons. The maximum absolute atomic E-state index is 14.8. The van der Waals surface area contributed by atoms with Crippen LogP contribution >= 0.6 is 24.0 Å². The summed E-state index contributed by atoms with van der Waals surface area (Å²) < 4.78 is 13.5. The molecule has 7 rings (SSSR count). The summed E-state index contributed by atoms with van der Waals surface area (Å²) in [5.41, 5.74) is 2.40. The quantitative estimate of drug-likeness (QED) is 0.196. The van der Waals surface area contributed by atoms with Crippen molar-refractivity contribution in [1.82, 2.24) is 5.09 Å². The second-order valence-electron chi connectivity index (χ2n) is 10.3. The summed E-state index contributed by atoms with van der Waals surface area (Å²) in [4.78, 5) is 27.9. The van der Waals surface area contributed by atoms with Gasteiger partial charge < -0.3 is 10.00 Å². The van der Waals surface area contributed by atoms with Crippen molar-refractivity contribution in [2.75, 3.05) is 0 Å². The van der Waals surface area contributed by atoms with Crippen LogP contribution in [0, 0.1) is 0 Å². The lowest BCUT2D eigenvalue weighted by molar-refractivity contribution is -0.207. The largest absolute Gasteiger partial charge is 0.601 e. The minimum absolute atomic E-state index is 0.0131. The van der Waals surface area contributed by atoms with Gasteiger partial charge in [-0.15, -0.1) is 5.09 Å². The molecule has 5 aromatic rings. The van der Waals surface area contributed by atoms with Crippen LogP contribution in [-0.4, -0.2) is 10.9 Å². The lowest BCUT2D eigenvalue weighted by atomic mass is 9.88. The van der Waals surface area contributed by atoms with Gasteiger partial charge in [0, 0.05) is 28.4 Å². The average Bonchev–Trinajstić information content (AvgIpc) is 3.10. The number of carbonyl (C=O) groups excluding carboxylic acids is 1. The average molecular weight is 626 g/mol. The Balaban J connectivity index is 1.43. The molecule has 8 heteroatoms. The van der Waals surface area contributed by atoms with Crippen molar-refractivity contribution in [2.24, 2.45) is 0 Å². The highest BCUT2D eigenvalue weighted by molar-refractivity contribution is 9.10. The van der Waals surface area contributed by atoms with Crippen molar-refractivity contribution in [1.29, 1.82) is 0 Å². The molecule has 5 aromatic carbocycles. The summed E-state index contributed by atoms with van der Waals surface area (Å²) in [5, 5.41) is 17.8. The first kappa shape index (κ1) is 26.2. The third-order valence-corrected chi connectivity index (χ3v) is 9.65. The normalized spacial score (nSPS) is 16.9. The number of hydrogen-bond acceptors (Lipinski definition) is 6. The molecule has 1 aliphatic heterocycles. The van der Waals surface area contributed by atoms with Crippen LogP contribution in [0.4, 0.5) is 0 Å². The molecule has 0 bridgehead atoms. The number of hydrogen-bond donors (Lipinski definition) is 2. The van der Waals surface area contributed by atoms with E-state index in [0.29, 0.717) is 36.3 Å². The summed E-state index contributed by atoms with van der Waals surface area (Å²) in [6, 6.07) is 29.8. The minimum atomic E-state index is -4.19. The van der Waals surface area contributed by atoms with E-state index in [9.17, 15) is 14.8 Å². The third-order valence-electron chi connectivity index (χ3n) is 7.68. The fraction of sp³-hybridized carbons (Fsp3) is 0.121. The first-order valence-corrected chi connectivity index (χ1v) is 15.8. The van der Waals surface area contributed by atoms with E-state index in [2.05, 4.69) is 21.0 Å². The van der Waals surface area contributed by atoms with Gasteiger partial charge >= 0.3 is 8.09 Å². The van der Waals surface area contributed by atoms with Crippen molar-refractivity contribution >= 4 is 51.4 Å². The molecule has 1 atom stereocenters. The van der Waals surface area contributed by atoms with Gasteiger partial charge in [0.2, 0.25) is 0 Å². The Morgan fingerprint density at radius 3 is 1.90 bits per heavy atom. The Kier molecular flexibility index (Phi) is 6.56. The summed E-state index contributed by atoms with van der Waals surface area (Å²) in [5.74, 6) is 0.587. The van der Waals surface area contributed by atoms with Gasteiger partial charge in [0.1, 0.15) is 11.8 Å². The first-order chi connectivity index (χ1) is 19.9. The van der Waals surface area contributed by atoms with Crippen LogP contribution in [-0.2, 0) is 4.79 Å². The van der Waals surface area contributed by atoms with Crippen LogP contribution in [0.25, 0.3) is 32.7 Å².